The predicted molar refractivity (Wildman–Crippen MR) is 55.2 cm³/mol. The SMILES string of the molecule is CCS(=O)CCNC1CCCC1O. The van der Waals surface area contributed by atoms with Crippen LogP contribution in [0.2, 0.25) is 0 Å². The van der Waals surface area contributed by atoms with E-state index in [4.69, 9.17) is 0 Å². The van der Waals surface area contributed by atoms with Crippen LogP contribution in [0, 0.1) is 0 Å². The maximum Gasteiger partial charge on any atom is 0.0693 e. The highest BCUT2D eigenvalue weighted by Gasteiger charge is 2.24. The average molecular weight is 205 g/mol. The lowest BCUT2D eigenvalue weighted by Gasteiger charge is -2.15. The summed E-state index contributed by atoms with van der Waals surface area (Å²) in [6, 6.07) is 0.244. The predicted octanol–water partition coefficient (Wildman–Crippen LogP) is 0.258. The Morgan fingerprint density at radius 3 is 2.85 bits per heavy atom. The second-order valence-electron chi connectivity index (χ2n) is 3.49. The van der Waals surface area contributed by atoms with Gasteiger partial charge in [-0.25, -0.2) is 0 Å². The highest BCUT2D eigenvalue weighted by molar-refractivity contribution is 7.84. The maximum atomic E-state index is 11.1. The molecule has 1 fully saturated rings. The lowest BCUT2D eigenvalue weighted by molar-refractivity contribution is 0.150. The van der Waals surface area contributed by atoms with Gasteiger partial charge in [-0.15, -0.1) is 0 Å². The summed E-state index contributed by atoms with van der Waals surface area (Å²) in [6.07, 6.45) is 2.89. The molecule has 0 saturated heterocycles. The fourth-order valence-electron chi connectivity index (χ4n) is 1.68. The van der Waals surface area contributed by atoms with Gasteiger partial charge in [0.2, 0.25) is 0 Å². The topological polar surface area (TPSA) is 49.3 Å². The Labute approximate surface area is 82.4 Å². The first-order chi connectivity index (χ1) is 6.24. The molecular weight excluding hydrogens is 186 g/mol. The van der Waals surface area contributed by atoms with E-state index in [-0.39, 0.29) is 12.1 Å². The van der Waals surface area contributed by atoms with E-state index in [9.17, 15) is 9.32 Å². The van der Waals surface area contributed by atoms with Crippen LogP contribution in [0.5, 0.6) is 0 Å². The molecule has 0 bridgehead atoms. The molecule has 1 aliphatic carbocycles. The molecule has 4 heteroatoms. The van der Waals surface area contributed by atoms with Crippen molar-refractivity contribution in [2.75, 3.05) is 18.1 Å². The molecule has 0 radical (unpaired) electrons. The third kappa shape index (κ3) is 3.75. The number of aliphatic hydroxyl groups is 1. The lowest BCUT2D eigenvalue weighted by Crippen LogP contribution is -2.37. The van der Waals surface area contributed by atoms with E-state index in [1.807, 2.05) is 6.92 Å². The summed E-state index contributed by atoms with van der Waals surface area (Å²) in [6.45, 7) is 2.70. The minimum atomic E-state index is -0.682. The smallest absolute Gasteiger partial charge is 0.0693 e. The van der Waals surface area contributed by atoms with Gasteiger partial charge in [0.05, 0.1) is 6.10 Å². The van der Waals surface area contributed by atoms with Gasteiger partial charge in [0.25, 0.3) is 0 Å². The van der Waals surface area contributed by atoms with E-state index in [1.165, 1.54) is 0 Å². The van der Waals surface area contributed by atoms with Crippen LogP contribution in [-0.4, -0.2) is 39.5 Å². The zero-order valence-corrected chi connectivity index (χ0v) is 8.98. The minimum absolute atomic E-state index is 0.185. The number of rotatable bonds is 5. The first kappa shape index (κ1) is 11.1. The van der Waals surface area contributed by atoms with Crippen LogP contribution in [0.15, 0.2) is 0 Å². The van der Waals surface area contributed by atoms with Gasteiger partial charge in [0.1, 0.15) is 0 Å². The molecule has 0 amide bonds. The summed E-state index contributed by atoms with van der Waals surface area (Å²) in [5.41, 5.74) is 0. The normalized spacial score (nSPS) is 30.6. The van der Waals surface area contributed by atoms with E-state index >= 15 is 0 Å². The van der Waals surface area contributed by atoms with Crippen LogP contribution in [-0.2, 0) is 10.8 Å². The lowest BCUT2D eigenvalue weighted by atomic mass is 10.2. The molecule has 78 valence electrons. The maximum absolute atomic E-state index is 11.1. The number of hydrogen-bond donors (Lipinski definition) is 2. The fourth-order valence-corrected chi connectivity index (χ4v) is 2.32. The Balaban J connectivity index is 2.08. The van der Waals surface area contributed by atoms with Gasteiger partial charge < -0.3 is 10.4 Å². The molecule has 0 aromatic heterocycles. The van der Waals surface area contributed by atoms with Crippen LogP contribution in [0.1, 0.15) is 26.2 Å². The molecule has 2 N–H and O–H groups in total. The van der Waals surface area contributed by atoms with Gasteiger partial charge in [-0.3, -0.25) is 4.21 Å². The third-order valence-corrected chi connectivity index (χ3v) is 3.84. The number of aliphatic hydroxyl groups excluding tert-OH is 1. The molecule has 3 nitrogen and oxygen atoms in total. The van der Waals surface area contributed by atoms with Gasteiger partial charge in [0, 0.05) is 34.9 Å². The van der Waals surface area contributed by atoms with E-state index in [1.54, 1.807) is 0 Å². The molecular formula is C9H19NO2S. The highest BCUT2D eigenvalue weighted by atomic mass is 32.2. The van der Waals surface area contributed by atoms with E-state index in [0.717, 1.165) is 31.6 Å². The van der Waals surface area contributed by atoms with Crippen molar-refractivity contribution in [1.82, 2.24) is 5.32 Å². The van der Waals surface area contributed by atoms with Crippen LogP contribution < -0.4 is 5.32 Å². The van der Waals surface area contributed by atoms with Crippen molar-refractivity contribution in [2.24, 2.45) is 0 Å². The Hall–Kier alpha value is 0.0700. The first-order valence-electron chi connectivity index (χ1n) is 5.00. The van der Waals surface area contributed by atoms with E-state index in [0.29, 0.717) is 5.75 Å². The molecule has 0 aliphatic heterocycles. The summed E-state index contributed by atoms with van der Waals surface area (Å²) < 4.78 is 11.1. The molecule has 0 aromatic rings. The summed E-state index contributed by atoms with van der Waals surface area (Å²) in [5, 5.41) is 12.7. The average Bonchev–Trinajstić information content (AvgIpc) is 2.52. The molecule has 0 heterocycles. The van der Waals surface area contributed by atoms with Crippen molar-refractivity contribution in [3.05, 3.63) is 0 Å². The van der Waals surface area contributed by atoms with E-state index in [2.05, 4.69) is 5.32 Å². The third-order valence-electron chi connectivity index (χ3n) is 2.54. The van der Waals surface area contributed by atoms with Gasteiger partial charge >= 0.3 is 0 Å². The molecule has 0 aromatic carbocycles. The molecule has 1 saturated carbocycles. The van der Waals surface area contributed by atoms with Gasteiger partial charge in [-0.1, -0.05) is 6.92 Å². The minimum Gasteiger partial charge on any atom is -0.392 e. The number of nitrogens with one attached hydrogen (secondary N) is 1. The fraction of sp³-hybridized carbons (Fsp3) is 1.00. The van der Waals surface area contributed by atoms with Gasteiger partial charge in [-0.05, 0) is 19.3 Å². The van der Waals surface area contributed by atoms with Crippen LogP contribution in [0.4, 0.5) is 0 Å². The first-order valence-corrected chi connectivity index (χ1v) is 6.49. The van der Waals surface area contributed by atoms with Crippen molar-refractivity contribution in [3.8, 4) is 0 Å². The summed E-state index contributed by atoms with van der Waals surface area (Å²) in [5.74, 6) is 1.44. The quantitative estimate of drug-likeness (QED) is 0.677. The largest absolute Gasteiger partial charge is 0.392 e. The van der Waals surface area contributed by atoms with Crippen molar-refractivity contribution in [2.45, 2.75) is 38.3 Å². The summed E-state index contributed by atoms with van der Waals surface area (Å²) >= 11 is 0. The van der Waals surface area contributed by atoms with Crippen LogP contribution in [0.25, 0.3) is 0 Å². The van der Waals surface area contributed by atoms with Crippen molar-refractivity contribution < 1.29 is 9.32 Å². The summed E-state index contributed by atoms with van der Waals surface area (Å²) in [4.78, 5) is 0. The zero-order chi connectivity index (χ0) is 9.68. The monoisotopic (exact) mass is 205 g/mol. The molecule has 1 rings (SSSR count). The standard InChI is InChI=1S/C9H19NO2S/c1-2-13(12)7-6-10-8-4-3-5-9(8)11/h8-11H,2-7H2,1H3. The highest BCUT2D eigenvalue weighted by Crippen LogP contribution is 2.18. The Morgan fingerprint density at radius 2 is 2.31 bits per heavy atom. The number of hydrogen-bond acceptors (Lipinski definition) is 3. The second kappa shape index (κ2) is 5.73. The zero-order valence-electron chi connectivity index (χ0n) is 8.16. The Morgan fingerprint density at radius 1 is 1.54 bits per heavy atom. The van der Waals surface area contributed by atoms with Gasteiger partial charge in [0.15, 0.2) is 0 Å². The van der Waals surface area contributed by atoms with Crippen LogP contribution in [0.3, 0.4) is 0 Å². The van der Waals surface area contributed by atoms with Crippen molar-refractivity contribution >= 4 is 10.8 Å². The molecule has 3 atom stereocenters. The van der Waals surface area contributed by atoms with E-state index < -0.39 is 10.8 Å². The molecule has 3 unspecified atom stereocenters. The van der Waals surface area contributed by atoms with Crippen LogP contribution >= 0.6 is 0 Å². The molecule has 13 heavy (non-hydrogen) atoms. The Kier molecular flexibility index (Phi) is 4.91. The van der Waals surface area contributed by atoms with Crippen molar-refractivity contribution in [3.63, 3.8) is 0 Å². The van der Waals surface area contributed by atoms with Crippen molar-refractivity contribution in [1.29, 1.82) is 0 Å². The molecule has 0 spiro atoms. The van der Waals surface area contributed by atoms with Gasteiger partial charge in [-0.2, -0.15) is 0 Å². The molecule has 1 aliphatic rings. The second-order valence-corrected chi connectivity index (χ2v) is 5.36. The summed E-state index contributed by atoms with van der Waals surface area (Å²) in [7, 11) is -0.682. The Bertz CT molecular complexity index is 175.